The molecular weight excluding hydrogens is 228 g/mol. The lowest BCUT2D eigenvalue weighted by Crippen LogP contribution is -2.43. The molecule has 1 fully saturated rings. The molecular formula is C13H22N4O. The number of aryl methyl sites for hydroxylation is 1. The Morgan fingerprint density at radius 3 is 3.06 bits per heavy atom. The van der Waals surface area contributed by atoms with Gasteiger partial charge >= 0.3 is 0 Å². The first-order valence-corrected chi connectivity index (χ1v) is 6.69. The topological polar surface area (TPSA) is 75.0 Å². The summed E-state index contributed by atoms with van der Waals surface area (Å²) >= 11 is 0. The van der Waals surface area contributed by atoms with Crippen LogP contribution in [0, 0.1) is 11.8 Å². The molecule has 2 atom stereocenters. The molecule has 0 radical (unpaired) electrons. The second-order valence-corrected chi connectivity index (χ2v) is 5.11. The summed E-state index contributed by atoms with van der Waals surface area (Å²) in [7, 11) is 0. The van der Waals surface area contributed by atoms with Gasteiger partial charge in [0.2, 0.25) is 0 Å². The maximum Gasteiger partial charge on any atom is 0.252 e. The van der Waals surface area contributed by atoms with E-state index >= 15 is 0 Å². The maximum absolute atomic E-state index is 11.6. The molecule has 2 rings (SSSR count). The minimum Gasteiger partial charge on any atom is -0.356 e. The molecule has 1 aliphatic rings. The van der Waals surface area contributed by atoms with Crippen molar-refractivity contribution in [3.63, 3.8) is 0 Å². The van der Waals surface area contributed by atoms with Crippen molar-refractivity contribution >= 4 is 5.82 Å². The Morgan fingerprint density at radius 1 is 1.61 bits per heavy atom. The van der Waals surface area contributed by atoms with E-state index in [0.29, 0.717) is 18.4 Å². The first-order chi connectivity index (χ1) is 8.63. The third-order valence-corrected chi connectivity index (χ3v) is 3.85. The summed E-state index contributed by atoms with van der Waals surface area (Å²) in [6.07, 6.45) is 1.85. The van der Waals surface area contributed by atoms with Gasteiger partial charge in [-0.1, -0.05) is 13.8 Å². The molecule has 0 aliphatic carbocycles. The monoisotopic (exact) mass is 250 g/mol. The molecule has 2 heterocycles. The van der Waals surface area contributed by atoms with Crippen LogP contribution in [0.25, 0.3) is 0 Å². The molecule has 100 valence electrons. The van der Waals surface area contributed by atoms with Crippen molar-refractivity contribution in [1.82, 2.24) is 9.97 Å². The summed E-state index contributed by atoms with van der Waals surface area (Å²) in [4.78, 5) is 21.0. The fraction of sp³-hybridized carbons (Fsp3) is 0.692. The van der Waals surface area contributed by atoms with Gasteiger partial charge in [-0.3, -0.25) is 4.79 Å². The van der Waals surface area contributed by atoms with Crippen molar-refractivity contribution < 1.29 is 0 Å². The van der Waals surface area contributed by atoms with Crippen LogP contribution in [0.2, 0.25) is 0 Å². The Morgan fingerprint density at radius 2 is 2.39 bits per heavy atom. The molecule has 1 aromatic rings. The highest BCUT2D eigenvalue weighted by molar-refractivity contribution is 5.38. The average Bonchev–Trinajstić information content (AvgIpc) is 2.38. The third kappa shape index (κ3) is 2.72. The zero-order valence-electron chi connectivity index (χ0n) is 11.1. The van der Waals surface area contributed by atoms with Crippen molar-refractivity contribution in [2.24, 2.45) is 17.6 Å². The molecule has 0 aromatic carbocycles. The summed E-state index contributed by atoms with van der Waals surface area (Å²) in [6.45, 7) is 6.79. The number of nitrogens with two attached hydrogens (primary N) is 1. The minimum absolute atomic E-state index is 0.0697. The van der Waals surface area contributed by atoms with Crippen LogP contribution in [0.15, 0.2) is 10.9 Å². The Hall–Kier alpha value is -1.36. The van der Waals surface area contributed by atoms with Crippen LogP contribution in [0.5, 0.6) is 0 Å². The Labute approximate surface area is 107 Å². The molecule has 2 unspecified atom stereocenters. The van der Waals surface area contributed by atoms with Crippen molar-refractivity contribution in [3.8, 4) is 0 Å². The molecule has 3 N–H and O–H groups in total. The van der Waals surface area contributed by atoms with Crippen molar-refractivity contribution in [1.29, 1.82) is 0 Å². The highest BCUT2D eigenvalue weighted by Gasteiger charge is 2.26. The molecule has 1 aliphatic heterocycles. The van der Waals surface area contributed by atoms with Crippen LogP contribution in [0.1, 0.15) is 26.1 Å². The number of nitrogens with one attached hydrogen (secondary N) is 1. The number of hydrogen-bond acceptors (Lipinski definition) is 4. The van der Waals surface area contributed by atoms with E-state index in [0.717, 1.165) is 37.6 Å². The van der Waals surface area contributed by atoms with Crippen molar-refractivity contribution in [2.75, 3.05) is 24.5 Å². The van der Waals surface area contributed by atoms with E-state index in [1.165, 1.54) is 0 Å². The van der Waals surface area contributed by atoms with Gasteiger partial charge in [0.05, 0.1) is 0 Å². The van der Waals surface area contributed by atoms with Crippen LogP contribution in [0.3, 0.4) is 0 Å². The first kappa shape index (κ1) is 13.1. The van der Waals surface area contributed by atoms with Gasteiger partial charge in [0.15, 0.2) is 0 Å². The number of piperidine rings is 1. The zero-order chi connectivity index (χ0) is 13.1. The smallest absolute Gasteiger partial charge is 0.252 e. The summed E-state index contributed by atoms with van der Waals surface area (Å²) in [5.41, 5.74) is 5.74. The summed E-state index contributed by atoms with van der Waals surface area (Å²) in [5, 5.41) is 0. The molecule has 5 heteroatoms. The largest absolute Gasteiger partial charge is 0.356 e. The van der Waals surface area contributed by atoms with E-state index in [-0.39, 0.29) is 5.56 Å². The van der Waals surface area contributed by atoms with Crippen LogP contribution in [-0.2, 0) is 6.42 Å². The fourth-order valence-electron chi connectivity index (χ4n) is 2.49. The van der Waals surface area contributed by atoms with Crippen LogP contribution in [-0.4, -0.2) is 29.6 Å². The second-order valence-electron chi connectivity index (χ2n) is 5.11. The van der Waals surface area contributed by atoms with Crippen LogP contribution >= 0.6 is 0 Å². The Kier molecular flexibility index (Phi) is 4.01. The Bertz CT molecular complexity index is 457. The van der Waals surface area contributed by atoms with E-state index in [9.17, 15) is 4.79 Å². The zero-order valence-corrected chi connectivity index (χ0v) is 11.1. The lowest BCUT2D eigenvalue weighted by molar-refractivity contribution is 0.306. The van der Waals surface area contributed by atoms with E-state index in [1.807, 2.05) is 6.92 Å². The summed E-state index contributed by atoms with van der Waals surface area (Å²) in [6, 6.07) is 1.59. The van der Waals surface area contributed by atoms with Gasteiger partial charge < -0.3 is 15.6 Å². The average molecular weight is 250 g/mol. The molecule has 1 saturated heterocycles. The lowest BCUT2D eigenvalue weighted by Gasteiger charge is -2.37. The predicted octanol–water partition coefficient (Wildman–Crippen LogP) is 0.753. The lowest BCUT2D eigenvalue weighted by atomic mass is 9.87. The van der Waals surface area contributed by atoms with Gasteiger partial charge in [0, 0.05) is 25.6 Å². The number of aromatic nitrogens is 2. The highest BCUT2D eigenvalue weighted by Crippen LogP contribution is 2.25. The maximum atomic E-state index is 11.6. The van der Waals surface area contributed by atoms with Gasteiger partial charge in [-0.2, -0.15) is 0 Å². The summed E-state index contributed by atoms with van der Waals surface area (Å²) < 4.78 is 0. The number of rotatable bonds is 3. The molecule has 0 amide bonds. The number of anilines is 1. The molecule has 5 nitrogen and oxygen atoms in total. The van der Waals surface area contributed by atoms with Gasteiger partial charge in [0.25, 0.3) is 5.56 Å². The molecule has 18 heavy (non-hydrogen) atoms. The van der Waals surface area contributed by atoms with Crippen LogP contribution in [0.4, 0.5) is 5.82 Å². The molecule has 1 aromatic heterocycles. The second kappa shape index (κ2) is 5.52. The minimum atomic E-state index is -0.0697. The van der Waals surface area contributed by atoms with Crippen LogP contribution < -0.4 is 16.2 Å². The SMILES string of the molecule is CCc1nc(N2CCC(C)C(CN)C2)cc(=O)[nH]1. The van der Waals surface area contributed by atoms with Gasteiger partial charge in [0.1, 0.15) is 11.6 Å². The van der Waals surface area contributed by atoms with Crippen molar-refractivity contribution in [3.05, 3.63) is 22.2 Å². The summed E-state index contributed by atoms with van der Waals surface area (Å²) in [5.74, 6) is 2.69. The van der Waals surface area contributed by atoms with Crippen molar-refractivity contribution in [2.45, 2.75) is 26.7 Å². The normalized spacial score (nSPS) is 24.3. The molecule has 0 saturated carbocycles. The predicted molar refractivity (Wildman–Crippen MR) is 72.8 cm³/mol. The fourth-order valence-corrected chi connectivity index (χ4v) is 2.49. The molecule has 0 bridgehead atoms. The van der Waals surface area contributed by atoms with E-state index in [2.05, 4.69) is 21.8 Å². The number of nitrogens with zero attached hydrogens (tertiary/aromatic N) is 2. The molecule has 0 spiro atoms. The third-order valence-electron chi connectivity index (χ3n) is 3.85. The van der Waals surface area contributed by atoms with E-state index in [4.69, 9.17) is 5.73 Å². The number of hydrogen-bond donors (Lipinski definition) is 2. The van der Waals surface area contributed by atoms with E-state index < -0.39 is 0 Å². The van der Waals surface area contributed by atoms with Gasteiger partial charge in [-0.15, -0.1) is 0 Å². The number of aromatic amines is 1. The highest BCUT2D eigenvalue weighted by atomic mass is 16.1. The van der Waals surface area contributed by atoms with Gasteiger partial charge in [-0.05, 0) is 24.8 Å². The van der Waals surface area contributed by atoms with Gasteiger partial charge in [-0.25, -0.2) is 4.98 Å². The standard InChI is InChI=1S/C13H22N4O/c1-3-11-15-12(6-13(18)16-11)17-5-4-9(2)10(7-14)8-17/h6,9-10H,3-5,7-8,14H2,1-2H3,(H,15,16,18). The quantitative estimate of drug-likeness (QED) is 0.830. The van der Waals surface area contributed by atoms with E-state index in [1.54, 1.807) is 6.07 Å². The Balaban J connectivity index is 2.21. The number of H-pyrrole nitrogens is 1. The first-order valence-electron chi connectivity index (χ1n) is 6.69.